The molecule has 0 saturated heterocycles. The van der Waals surface area contributed by atoms with Gasteiger partial charge in [0.05, 0.1) is 5.69 Å². The van der Waals surface area contributed by atoms with E-state index < -0.39 is 0 Å². The Kier molecular flexibility index (Phi) is 3.81. The molecule has 2 atom stereocenters. The second-order valence-corrected chi connectivity index (χ2v) is 6.53. The Morgan fingerprint density at radius 1 is 1.30 bits per heavy atom. The van der Waals surface area contributed by atoms with Gasteiger partial charge in [0.1, 0.15) is 0 Å². The SMILES string of the molecule is Cc1n[nH]c(C)c1CNC(=O)C1CC1C1CCCCC1. The molecule has 3 rings (SSSR count). The van der Waals surface area contributed by atoms with Crippen LogP contribution in [-0.4, -0.2) is 16.1 Å². The number of hydrogen-bond acceptors (Lipinski definition) is 2. The quantitative estimate of drug-likeness (QED) is 0.887. The van der Waals surface area contributed by atoms with E-state index in [1.54, 1.807) is 0 Å². The van der Waals surface area contributed by atoms with Crippen LogP contribution >= 0.6 is 0 Å². The zero-order chi connectivity index (χ0) is 14.1. The van der Waals surface area contributed by atoms with Gasteiger partial charge in [-0.05, 0) is 32.1 Å². The van der Waals surface area contributed by atoms with Gasteiger partial charge in [-0.25, -0.2) is 0 Å². The third kappa shape index (κ3) is 2.74. The molecule has 0 aliphatic heterocycles. The minimum absolute atomic E-state index is 0.251. The minimum Gasteiger partial charge on any atom is -0.352 e. The maximum absolute atomic E-state index is 12.2. The fourth-order valence-electron chi connectivity index (χ4n) is 3.74. The molecule has 1 amide bonds. The number of aryl methyl sites for hydroxylation is 2. The van der Waals surface area contributed by atoms with Crippen molar-refractivity contribution in [3.05, 3.63) is 17.0 Å². The minimum atomic E-state index is 0.251. The molecule has 2 fully saturated rings. The predicted octanol–water partition coefficient (Wildman–Crippen LogP) is 2.86. The van der Waals surface area contributed by atoms with Gasteiger partial charge in [-0.15, -0.1) is 0 Å². The van der Waals surface area contributed by atoms with Crippen molar-refractivity contribution in [3.63, 3.8) is 0 Å². The van der Waals surface area contributed by atoms with Crippen molar-refractivity contribution in [3.8, 4) is 0 Å². The van der Waals surface area contributed by atoms with E-state index in [1.165, 1.54) is 32.1 Å². The number of carbonyl (C=O) groups is 1. The summed E-state index contributed by atoms with van der Waals surface area (Å²) in [5, 5.41) is 10.2. The van der Waals surface area contributed by atoms with Crippen LogP contribution in [0.2, 0.25) is 0 Å². The molecule has 1 aromatic heterocycles. The molecule has 2 aliphatic rings. The van der Waals surface area contributed by atoms with E-state index in [2.05, 4.69) is 15.5 Å². The maximum Gasteiger partial charge on any atom is 0.223 e. The van der Waals surface area contributed by atoms with Gasteiger partial charge in [0, 0.05) is 23.7 Å². The third-order valence-corrected chi connectivity index (χ3v) is 5.15. The average Bonchev–Trinajstić information content (AvgIpc) is 3.20. The number of aromatic nitrogens is 2. The van der Waals surface area contributed by atoms with Gasteiger partial charge in [0.2, 0.25) is 5.91 Å². The smallest absolute Gasteiger partial charge is 0.223 e. The van der Waals surface area contributed by atoms with Crippen LogP contribution in [0.1, 0.15) is 55.5 Å². The summed E-state index contributed by atoms with van der Waals surface area (Å²) in [5.74, 6) is 2.02. The van der Waals surface area contributed by atoms with Gasteiger partial charge in [-0.2, -0.15) is 5.10 Å². The van der Waals surface area contributed by atoms with E-state index in [-0.39, 0.29) is 11.8 Å². The van der Waals surface area contributed by atoms with Crippen LogP contribution in [0.15, 0.2) is 0 Å². The summed E-state index contributed by atoms with van der Waals surface area (Å²) in [5.41, 5.74) is 3.18. The molecule has 110 valence electrons. The summed E-state index contributed by atoms with van der Waals surface area (Å²) in [7, 11) is 0. The number of amides is 1. The third-order valence-electron chi connectivity index (χ3n) is 5.15. The van der Waals surface area contributed by atoms with Gasteiger partial charge in [0.25, 0.3) is 0 Å². The first kappa shape index (κ1) is 13.7. The highest BCUT2D eigenvalue weighted by molar-refractivity contribution is 5.81. The Morgan fingerprint density at radius 3 is 2.70 bits per heavy atom. The summed E-state index contributed by atoms with van der Waals surface area (Å²) in [6.45, 7) is 4.59. The maximum atomic E-state index is 12.2. The molecular weight excluding hydrogens is 250 g/mol. The molecule has 4 nitrogen and oxygen atoms in total. The number of rotatable bonds is 4. The van der Waals surface area contributed by atoms with E-state index in [1.807, 2.05) is 13.8 Å². The summed E-state index contributed by atoms with van der Waals surface area (Å²) >= 11 is 0. The molecule has 4 heteroatoms. The van der Waals surface area contributed by atoms with E-state index in [4.69, 9.17) is 0 Å². The number of aromatic amines is 1. The number of nitrogens with one attached hydrogen (secondary N) is 2. The Bertz CT molecular complexity index is 468. The fourth-order valence-corrected chi connectivity index (χ4v) is 3.74. The first-order chi connectivity index (χ1) is 9.66. The van der Waals surface area contributed by atoms with E-state index in [0.717, 1.165) is 29.3 Å². The Balaban J connectivity index is 1.49. The van der Waals surface area contributed by atoms with Gasteiger partial charge in [-0.1, -0.05) is 32.1 Å². The Labute approximate surface area is 120 Å². The molecule has 0 spiro atoms. The highest BCUT2D eigenvalue weighted by atomic mass is 16.2. The van der Waals surface area contributed by atoms with Crippen LogP contribution in [0.25, 0.3) is 0 Å². The number of hydrogen-bond donors (Lipinski definition) is 2. The summed E-state index contributed by atoms with van der Waals surface area (Å²) in [4.78, 5) is 12.2. The van der Waals surface area contributed by atoms with Gasteiger partial charge < -0.3 is 5.32 Å². The molecule has 2 saturated carbocycles. The number of carbonyl (C=O) groups excluding carboxylic acids is 1. The molecule has 2 N–H and O–H groups in total. The topological polar surface area (TPSA) is 57.8 Å². The highest BCUT2D eigenvalue weighted by Gasteiger charge is 2.47. The Hall–Kier alpha value is -1.32. The molecule has 0 aromatic carbocycles. The highest BCUT2D eigenvalue weighted by Crippen LogP contribution is 2.49. The summed E-state index contributed by atoms with van der Waals surface area (Å²) < 4.78 is 0. The molecule has 2 aliphatic carbocycles. The normalized spacial score (nSPS) is 26.5. The summed E-state index contributed by atoms with van der Waals surface area (Å²) in [6.07, 6.45) is 7.91. The van der Waals surface area contributed by atoms with Crippen molar-refractivity contribution < 1.29 is 4.79 Å². The lowest BCUT2D eigenvalue weighted by atomic mass is 9.85. The lowest BCUT2D eigenvalue weighted by molar-refractivity contribution is -0.123. The Morgan fingerprint density at radius 2 is 2.05 bits per heavy atom. The molecule has 1 aromatic rings. The average molecular weight is 275 g/mol. The summed E-state index contributed by atoms with van der Waals surface area (Å²) in [6, 6.07) is 0. The monoisotopic (exact) mass is 275 g/mol. The standard InChI is InChI=1S/C16H25N3O/c1-10-15(11(2)19-18-10)9-17-16(20)14-8-13(14)12-6-4-3-5-7-12/h12-14H,3-9H2,1-2H3,(H,17,20)(H,18,19). The second-order valence-electron chi connectivity index (χ2n) is 6.53. The van der Waals surface area contributed by atoms with Crippen LogP contribution in [0.5, 0.6) is 0 Å². The molecule has 20 heavy (non-hydrogen) atoms. The van der Waals surface area contributed by atoms with Crippen molar-refractivity contribution in [2.75, 3.05) is 0 Å². The van der Waals surface area contributed by atoms with Crippen molar-refractivity contribution in [1.29, 1.82) is 0 Å². The first-order valence-corrected chi connectivity index (χ1v) is 7.95. The second kappa shape index (κ2) is 5.58. The van der Waals surface area contributed by atoms with Crippen molar-refractivity contribution >= 4 is 5.91 Å². The van der Waals surface area contributed by atoms with E-state index in [0.29, 0.717) is 12.5 Å². The van der Waals surface area contributed by atoms with Crippen LogP contribution in [0.4, 0.5) is 0 Å². The van der Waals surface area contributed by atoms with Crippen molar-refractivity contribution in [2.24, 2.45) is 17.8 Å². The van der Waals surface area contributed by atoms with Crippen LogP contribution in [-0.2, 0) is 11.3 Å². The first-order valence-electron chi connectivity index (χ1n) is 7.95. The molecule has 0 bridgehead atoms. The number of nitrogens with zero attached hydrogens (tertiary/aromatic N) is 1. The van der Waals surface area contributed by atoms with Crippen molar-refractivity contribution in [2.45, 2.75) is 58.9 Å². The molecular formula is C16H25N3O. The lowest BCUT2D eigenvalue weighted by Gasteiger charge is -2.21. The largest absolute Gasteiger partial charge is 0.352 e. The number of H-pyrrole nitrogens is 1. The van der Waals surface area contributed by atoms with Gasteiger partial charge in [-0.3, -0.25) is 9.89 Å². The lowest BCUT2D eigenvalue weighted by Crippen LogP contribution is -2.26. The van der Waals surface area contributed by atoms with Gasteiger partial charge in [0.15, 0.2) is 0 Å². The van der Waals surface area contributed by atoms with Gasteiger partial charge >= 0.3 is 0 Å². The van der Waals surface area contributed by atoms with Crippen molar-refractivity contribution in [1.82, 2.24) is 15.5 Å². The molecule has 0 radical (unpaired) electrons. The predicted molar refractivity (Wildman–Crippen MR) is 78.1 cm³/mol. The molecule has 1 heterocycles. The zero-order valence-electron chi connectivity index (χ0n) is 12.5. The van der Waals surface area contributed by atoms with E-state index >= 15 is 0 Å². The van der Waals surface area contributed by atoms with E-state index in [9.17, 15) is 4.79 Å². The van der Waals surface area contributed by atoms with Crippen LogP contribution < -0.4 is 5.32 Å². The fraction of sp³-hybridized carbons (Fsp3) is 0.750. The zero-order valence-corrected chi connectivity index (χ0v) is 12.5. The van der Waals surface area contributed by atoms with Crippen LogP contribution in [0, 0.1) is 31.6 Å². The molecule has 2 unspecified atom stereocenters. The van der Waals surface area contributed by atoms with Crippen LogP contribution in [0.3, 0.4) is 0 Å².